The Morgan fingerprint density at radius 3 is 2.83 bits per heavy atom. The zero-order chi connectivity index (χ0) is 13.0. The molecule has 0 saturated carbocycles. The number of halogens is 1. The van der Waals surface area contributed by atoms with Crippen molar-refractivity contribution >= 4 is 21.7 Å². The minimum Gasteiger partial charge on any atom is -0.495 e. The van der Waals surface area contributed by atoms with Crippen LogP contribution in [0.3, 0.4) is 0 Å². The van der Waals surface area contributed by atoms with Gasteiger partial charge in [0.05, 0.1) is 13.3 Å². The highest BCUT2D eigenvalue weighted by atomic mass is 79.9. The van der Waals surface area contributed by atoms with Crippen LogP contribution < -0.4 is 4.74 Å². The number of benzene rings is 1. The van der Waals surface area contributed by atoms with Gasteiger partial charge < -0.3 is 4.74 Å². The Bertz CT molecular complexity index is 569. The molecule has 0 radical (unpaired) electrons. The summed E-state index contributed by atoms with van der Waals surface area (Å²) < 4.78 is 5.99. The maximum Gasteiger partial charge on any atom is 0.168 e. The molecule has 2 rings (SSSR count). The van der Waals surface area contributed by atoms with E-state index in [1.807, 2.05) is 24.3 Å². The zero-order valence-electron chi connectivity index (χ0n) is 9.89. The fraction of sp³-hybridized carbons (Fsp3) is 0.143. The van der Waals surface area contributed by atoms with Crippen molar-refractivity contribution < 1.29 is 9.53 Å². The van der Waals surface area contributed by atoms with Crippen LogP contribution in [0.15, 0.2) is 47.2 Å². The normalized spacial score (nSPS) is 10.1. The van der Waals surface area contributed by atoms with Gasteiger partial charge in [-0.25, -0.2) is 0 Å². The molecule has 0 aliphatic heterocycles. The molecule has 0 fully saturated rings. The van der Waals surface area contributed by atoms with Gasteiger partial charge in [0, 0.05) is 22.7 Å². The third-order valence-corrected chi connectivity index (χ3v) is 3.35. The summed E-state index contributed by atoms with van der Waals surface area (Å²) in [5.74, 6) is 0.612. The molecular weight excluding hydrogens is 294 g/mol. The fourth-order valence-corrected chi connectivity index (χ4v) is 2.02. The van der Waals surface area contributed by atoms with Gasteiger partial charge in [0.1, 0.15) is 5.75 Å². The molecule has 1 heterocycles. The first kappa shape index (κ1) is 12.8. The number of pyridine rings is 1. The largest absolute Gasteiger partial charge is 0.495 e. The van der Waals surface area contributed by atoms with Crippen molar-refractivity contribution in [1.29, 1.82) is 0 Å². The first-order chi connectivity index (χ1) is 8.70. The molecule has 3 nitrogen and oxygen atoms in total. The maximum absolute atomic E-state index is 12.1. The SMILES string of the molecule is COc1cncc(C(=O)Cc2ccccc2Br)c1. The number of carbonyl (C=O) groups is 1. The molecule has 0 unspecified atom stereocenters. The Labute approximate surface area is 114 Å². The van der Waals surface area contributed by atoms with Crippen molar-refractivity contribution in [3.63, 3.8) is 0 Å². The quantitative estimate of drug-likeness (QED) is 0.814. The highest BCUT2D eigenvalue weighted by Gasteiger charge is 2.10. The summed E-state index contributed by atoms with van der Waals surface area (Å²) in [5.41, 5.74) is 1.52. The molecule has 2 aromatic rings. The van der Waals surface area contributed by atoms with Gasteiger partial charge in [0.25, 0.3) is 0 Å². The number of ether oxygens (including phenoxy) is 1. The second-order valence-corrected chi connectivity index (χ2v) is 4.66. The Morgan fingerprint density at radius 2 is 2.11 bits per heavy atom. The molecule has 0 N–H and O–H groups in total. The summed E-state index contributed by atoms with van der Waals surface area (Å²) in [7, 11) is 1.55. The van der Waals surface area contributed by atoms with E-state index in [-0.39, 0.29) is 5.78 Å². The van der Waals surface area contributed by atoms with Gasteiger partial charge in [-0.15, -0.1) is 0 Å². The van der Waals surface area contributed by atoms with Crippen LogP contribution >= 0.6 is 15.9 Å². The lowest BCUT2D eigenvalue weighted by Gasteiger charge is -2.05. The lowest BCUT2D eigenvalue weighted by Crippen LogP contribution is -2.05. The predicted molar refractivity (Wildman–Crippen MR) is 73.0 cm³/mol. The van der Waals surface area contributed by atoms with Crippen LogP contribution in [0.2, 0.25) is 0 Å². The van der Waals surface area contributed by atoms with E-state index >= 15 is 0 Å². The maximum atomic E-state index is 12.1. The number of rotatable bonds is 4. The topological polar surface area (TPSA) is 39.2 Å². The first-order valence-corrected chi connectivity index (χ1v) is 6.25. The molecule has 0 spiro atoms. The van der Waals surface area contributed by atoms with Crippen molar-refractivity contribution in [2.75, 3.05) is 7.11 Å². The molecule has 0 bridgehead atoms. The highest BCUT2D eigenvalue weighted by Crippen LogP contribution is 2.19. The minimum absolute atomic E-state index is 0.0216. The molecule has 1 aromatic heterocycles. The third-order valence-electron chi connectivity index (χ3n) is 2.58. The Balaban J connectivity index is 2.19. The van der Waals surface area contributed by atoms with Gasteiger partial charge in [-0.2, -0.15) is 0 Å². The number of carbonyl (C=O) groups excluding carboxylic acids is 1. The van der Waals surface area contributed by atoms with Crippen LogP contribution in [0, 0.1) is 0 Å². The van der Waals surface area contributed by atoms with E-state index in [1.54, 1.807) is 25.6 Å². The van der Waals surface area contributed by atoms with Crippen molar-refractivity contribution in [3.05, 3.63) is 58.3 Å². The second-order valence-electron chi connectivity index (χ2n) is 3.80. The molecule has 0 aliphatic carbocycles. The van der Waals surface area contributed by atoms with E-state index in [0.717, 1.165) is 10.0 Å². The van der Waals surface area contributed by atoms with Gasteiger partial charge in [0.2, 0.25) is 0 Å². The standard InChI is InChI=1S/C14H12BrNO2/c1-18-12-6-11(8-16-9-12)14(17)7-10-4-2-3-5-13(10)15/h2-6,8-9H,7H2,1H3. The summed E-state index contributed by atoms with van der Waals surface area (Å²) >= 11 is 3.43. The smallest absolute Gasteiger partial charge is 0.168 e. The van der Waals surface area contributed by atoms with Crippen LogP contribution in [-0.4, -0.2) is 17.9 Å². The number of Topliss-reactive ketones (excluding diaryl/α,β-unsaturated/α-hetero) is 1. The second kappa shape index (κ2) is 5.78. The fourth-order valence-electron chi connectivity index (χ4n) is 1.60. The number of hydrogen-bond acceptors (Lipinski definition) is 3. The summed E-state index contributed by atoms with van der Waals surface area (Å²) in [6.07, 6.45) is 3.48. The van der Waals surface area contributed by atoms with E-state index in [1.165, 1.54) is 0 Å². The summed E-state index contributed by atoms with van der Waals surface area (Å²) in [6.45, 7) is 0. The Kier molecular flexibility index (Phi) is 4.10. The molecular formula is C14H12BrNO2. The molecule has 0 aliphatic rings. The van der Waals surface area contributed by atoms with Crippen molar-refractivity contribution in [2.24, 2.45) is 0 Å². The van der Waals surface area contributed by atoms with Gasteiger partial charge in [-0.1, -0.05) is 34.1 Å². The van der Waals surface area contributed by atoms with E-state index < -0.39 is 0 Å². The van der Waals surface area contributed by atoms with E-state index in [9.17, 15) is 4.79 Å². The predicted octanol–water partition coefficient (Wildman–Crippen LogP) is 3.28. The third kappa shape index (κ3) is 2.96. The van der Waals surface area contributed by atoms with E-state index in [4.69, 9.17) is 4.74 Å². The summed E-state index contributed by atoms with van der Waals surface area (Å²) in [4.78, 5) is 16.1. The van der Waals surface area contributed by atoms with Gasteiger partial charge in [0.15, 0.2) is 5.78 Å². The molecule has 18 heavy (non-hydrogen) atoms. The van der Waals surface area contributed by atoms with E-state index in [0.29, 0.717) is 17.7 Å². The van der Waals surface area contributed by atoms with Gasteiger partial charge in [-0.05, 0) is 17.7 Å². The van der Waals surface area contributed by atoms with Crippen LogP contribution in [0.4, 0.5) is 0 Å². The minimum atomic E-state index is 0.0216. The molecule has 0 saturated heterocycles. The lowest BCUT2D eigenvalue weighted by molar-refractivity contribution is 0.0992. The van der Waals surface area contributed by atoms with Gasteiger partial charge >= 0.3 is 0 Å². The average Bonchev–Trinajstić information content (AvgIpc) is 2.41. The molecule has 1 aromatic carbocycles. The highest BCUT2D eigenvalue weighted by molar-refractivity contribution is 9.10. The van der Waals surface area contributed by atoms with Crippen LogP contribution in [0.1, 0.15) is 15.9 Å². The Morgan fingerprint density at radius 1 is 1.33 bits per heavy atom. The van der Waals surface area contributed by atoms with Crippen LogP contribution in [-0.2, 0) is 6.42 Å². The number of hydrogen-bond donors (Lipinski definition) is 0. The number of aromatic nitrogens is 1. The molecule has 0 amide bonds. The summed E-state index contributed by atoms with van der Waals surface area (Å²) in [6, 6.07) is 9.39. The average molecular weight is 306 g/mol. The van der Waals surface area contributed by atoms with E-state index in [2.05, 4.69) is 20.9 Å². The first-order valence-electron chi connectivity index (χ1n) is 5.46. The molecule has 92 valence electrons. The Hall–Kier alpha value is -1.68. The molecule has 4 heteroatoms. The van der Waals surface area contributed by atoms with Crippen LogP contribution in [0.25, 0.3) is 0 Å². The number of nitrogens with zero attached hydrogens (tertiary/aromatic N) is 1. The lowest BCUT2D eigenvalue weighted by atomic mass is 10.0. The van der Waals surface area contributed by atoms with Crippen molar-refractivity contribution in [2.45, 2.75) is 6.42 Å². The molecule has 0 atom stereocenters. The number of ketones is 1. The van der Waals surface area contributed by atoms with Crippen molar-refractivity contribution in [3.8, 4) is 5.75 Å². The summed E-state index contributed by atoms with van der Waals surface area (Å²) in [5, 5.41) is 0. The van der Waals surface area contributed by atoms with Crippen molar-refractivity contribution in [1.82, 2.24) is 4.98 Å². The van der Waals surface area contributed by atoms with Crippen LogP contribution in [0.5, 0.6) is 5.75 Å². The van der Waals surface area contributed by atoms with Gasteiger partial charge in [-0.3, -0.25) is 9.78 Å². The monoisotopic (exact) mass is 305 g/mol. The number of methoxy groups -OCH3 is 1. The zero-order valence-corrected chi connectivity index (χ0v) is 11.5.